The maximum atomic E-state index is 12.7. The van der Waals surface area contributed by atoms with Gasteiger partial charge in [0.2, 0.25) is 0 Å². The molecular formula is C29H33N7O2. The molecule has 5 N–H and O–H groups in total. The Morgan fingerprint density at radius 2 is 1.63 bits per heavy atom. The molecule has 0 unspecified atom stereocenters. The van der Waals surface area contributed by atoms with Crippen molar-refractivity contribution in [2.24, 2.45) is 0 Å². The van der Waals surface area contributed by atoms with E-state index >= 15 is 0 Å². The zero-order valence-electron chi connectivity index (χ0n) is 21.4. The number of benzene rings is 3. The van der Waals surface area contributed by atoms with E-state index in [1.807, 2.05) is 24.3 Å². The zero-order chi connectivity index (χ0) is 26.3. The summed E-state index contributed by atoms with van der Waals surface area (Å²) in [4.78, 5) is 17.6. The van der Waals surface area contributed by atoms with Crippen LogP contribution in [0.2, 0.25) is 0 Å². The van der Waals surface area contributed by atoms with Crippen molar-refractivity contribution in [1.29, 1.82) is 0 Å². The minimum absolute atomic E-state index is 0.211. The number of phenols is 1. The maximum absolute atomic E-state index is 12.7. The first-order valence-corrected chi connectivity index (χ1v) is 12.8. The van der Waals surface area contributed by atoms with E-state index in [9.17, 15) is 9.90 Å². The number of aromatic hydroxyl groups is 1. The summed E-state index contributed by atoms with van der Waals surface area (Å²) in [6, 6.07) is 25.7. The largest absolute Gasteiger partial charge is 0.508 e. The molecule has 2 heterocycles. The van der Waals surface area contributed by atoms with Crippen LogP contribution in [-0.4, -0.2) is 59.3 Å². The summed E-state index contributed by atoms with van der Waals surface area (Å²) in [5, 5.41) is 25.9. The molecule has 1 aromatic heterocycles. The number of nitrogens with one attached hydrogen (secondary N) is 4. The number of anilines is 4. The third kappa shape index (κ3) is 6.07. The van der Waals surface area contributed by atoms with Gasteiger partial charge in [0.1, 0.15) is 17.1 Å². The Hall–Kier alpha value is -4.50. The monoisotopic (exact) mass is 511 g/mol. The van der Waals surface area contributed by atoms with E-state index < -0.39 is 0 Å². The number of carbonyl (C=O) groups excluding carboxylic acids is 1. The molecule has 5 rings (SSSR count). The Balaban J connectivity index is 1.20. The van der Waals surface area contributed by atoms with Crippen molar-refractivity contribution in [2.45, 2.75) is 13.1 Å². The highest BCUT2D eigenvalue weighted by molar-refractivity contribution is 6.04. The lowest BCUT2D eigenvalue weighted by Gasteiger charge is -2.36. The number of amides is 1. The van der Waals surface area contributed by atoms with E-state index in [0.717, 1.165) is 44.0 Å². The first kappa shape index (κ1) is 25.2. The second-order valence-corrected chi connectivity index (χ2v) is 9.34. The number of aromatic amines is 1. The second-order valence-electron chi connectivity index (χ2n) is 9.34. The summed E-state index contributed by atoms with van der Waals surface area (Å²) in [7, 11) is 1.59. The van der Waals surface area contributed by atoms with Gasteiger partial charge in [-0.2, -0.15) is 5.10 Å². The number of phenolic OH excluding ortho intramolecular Hbond substituents is 1. The molecule has 0 saturated carbocycles. The smallest absolute Gasteiger partial charge is 0.258 e. The molecule has 4 aromatic rings. The lowest BCUT2D eigenvalue weighted by atomic mass is 10.2. The molecule has 0 radical (unpaired) electrons. The number of H-pyrrole nitrogens is 1. The molecule has 3 aromatic carbocycles. The molecule has 0 aliphatic carbocycles. The van der Waals surface area contributed by atoms with Crippen molar-refractivity contribution in [2.75, 3.05) is 48.8 Å². The average molecular weight is 512 g/mol. The fraction of sp³-hybridized carbons (Fsp3) is 0.241. The van der Waals surface area contributed by atoms with Gasteiger partial charge in [-0.15, -0.1) is 0 Å². The van der Waals surface area contributed by atoms with Crippen LogP contribution in [0.15, 0.2) is 78.9 Å². The number of piperazine rings is 1. The van der Waals surface area contributed by atoms with Gasteiger partial charge in [0, 0.05) is 57.7 Å². The summed E-state index contributed by atoms with van der Waals surface area (Å²) in [5.74, 6) is 0.923. The zero-order valence-corrected chi connectivity index (χ0v) is 21.4. The van der Waals surface area contributed by atoms with Gasteiger partial charge >= 0.3 is 0 Å². The Morgan fingerprint density at radius 1 is 0.921 bits per heavy atom. The van der Waals surface area contributed by atoms with Crippen molar-refractivity contribution < 1.29 is 9.90 Å². The van der Waals surface area contributed by atoms with Gasteiger partial charge in [-0.25, -0.2) is 0 Å². The summed E-state index contributed by atoms with van der Waals surface area (Å²) in [5.41, 5.74) is 4.76. The number of nitrogens with zero attached hydrogens (tertiary/aromatic N) is 3. The lowest BCUT2D eigenvalue weighted by molar-refractivity contribution is 0.0964. The number of hydrogen-bond donors (Lipinski definition) is 5. The number of rotatable bonds is 9. The highest BCUT2D eigenvalue weighted by Gasteiger charge is 2.21. The fourth-order valence-corrected chi connectivity index (χ4v) is 4.61. The van der Waals surface area contributed by atoms with Gasteiger partial charge in [0.25, 0.3) is 5.91 Å². The number of aromatic nitrogens is 2. The quantitative estimate of drug-likeness (QED) is 0.230. The molecule has 1 amide bonds. The Bertz CT molecular complexity index is 1330. The number of hydrogen-bond acceptors (Lipinski definition) is 7. The summed E-state index contributed by atoms with van der Waals surface area (Å²) >= 11 is 0. The van der Waals surface area contributed by atoms with Gasteiger partial charge in [-0.05, 0) is 47.5 Å². The molecule has 38 heavy (non-hydrogen) atoms. The van der Waals surface area contributed by atoms with Gasteiger partial charge in [-0.3, -0.25) is 14.8 Å². The summed E-state index contributed by atoms with van der Waals surface area (Å²) in [6.07, 6.45) is 0. The van der Waals surface area contributed by atoms with Crippen LogP contribution in [0.1, 0.15) is 21.5 Å². The molecule has 0 atom stereocenters. The SMILES string of the molecule is CNC(=O)c1c(NCc2ccc(O)cc2)n[nH]c1Nc1ccc(N2CCN(Cc3ccccc3)CC2)cc1. The van der Waals surface area contributed by atoms with Crippen LogP contribution in [-0.2, 0) is 13.1 Å². The third-order valence-corrected chi connectivity index (χ3v) is 6.74. The average Bonchev–Trinajstić information content (AvgIpc) is 3.36. The molecule has 1 aliphatic heterocycles. The van der Waals surface area contributed by atoms with Gasteiger partial charge < -0.3 is 26.0 Å². The first-order valence-electron chi connectivity index (χ1n) is 12.8. The lowest BCUT2D eigenvalue weighted by Crippen LogP contribution is -2.45. The predicted molar refractivity (Wildman–Crippen MR) is 151 cm³/mol. The van der Waals surface area contributed by atoms with Crippen LogP contribution < -0.4 is 20.9 Å². The van der Waals surface area contributed by atoms with E-state index in [1.54, 1.807) is 19.2 Å². The minimum Gasteiger partial charge on any atom is -0.508 e. The van der Waals surface area contributed by atoms with Crippen LogP contribution in [0.25, 0.3) is 0 Å². The fourth-order valence-electron chi connectivity index (χ4n) is 4.61. The Labute approximate surface area is 222 Å². The van der Waals surface area contributed by atoms with E-state index in [4.69, 9.17) is 0 Å². The molecule has 1 aliphatic rings. The van der Waals surface area contributed by atoms with Gasteiger partial charge in [0.05, 0.1) is 0 Å². The van der Waals surface area contributed by atoms with Crippen molar-refractivity contribution in [3.8, 4) is 5.75 Å². The Kier molecular flexibility index (Phi) is 7.75. The molecule has 9 heteroatoms. The van der Waals surface area contributed by atoms with Crippen molar-refractivity contribution in [3.63, 3.8) is 0 Å². The molecule has 0 spiro atoms. The van der Waals surface area contributed by atoms with Crippen LogP contribution in [0.3, 0.4) is 0 Å². The maximum Gasteiger partial charge on any atom is 0.258 e. The van der Waals surface area contributed by atoms with Crippen LogP contribution >= 0.6 is 0 Å². The van der Waals surface area contributed by atoms with Gasteiger partial charge in [-0.1, -0.05) is 42.5 Å². The van der Waals surface area contributed by atoms with E-state index in [0.29, 0.717) is 23.7 Å². The second kappa shape index (κ2) is 11.7. The van der Waals surface area contributed by atoms with E-state index in [1.165, 1.54) is 11.3 Å². The van der Waals surface area contributed by atoms with Crippen molar-refractivity contribution in [1.82, 2.24) is 20.4 Å². The van der Waals surface area contributed by atoms with E-state index in [-0.39, 0.29) is 11.7 Å². The minimum atomic E-state index is -0.251. The molecule has 9 nitrogen and oxygen atoms in total. The molecular weight excluding hydrogens is 478 g/mol. The topological polar surface area (TPSA) is 109 Å². The molecule has 1 saturated heterocycles. The van der Waals surface area contributed by atoms with E-state index in [2.05, 4.69) is 78.4 Å². The molecule has 0 bridgehead atoms. The van der Waals surface area contributed by atoms with Crippen LogP contribution in [0, 0.1) is 0 Å². The Morgan fingerprint density at radius 3 is 2.32 bits per heavy atom. The van der Waals surface area contributed by atoms with Crippen molar-refractivity contribution in [3.05, 3.63) is 95.6 Å². The first-order chi connectivity index (χ1) is 18.6. The summed E-state index contributed by atoms with van der Waals surface area (Å²) in [6.45, 7) is 5.47. The molecule has 196 valence electrons. The van der Waals surface area contributed by atoms with Gasteiger partial charge in [0.15, 0.2) is 5.82 Å². The highest BCUT2D eigenvalue weighted by Crippen LogP contribution is 2.27. The van der Waals surface area contributed by atoms with Crippen molar-refractivity contribution >= 4 is 28.9 Å². The third-order valence-electron chi connectivity index (χ3n) is 6.74. The normalized spacial score (nSPS) is 13.8. The summed E-state index contributed by atoms with van der Waals surface area (Å²) < 4.78 is 0. The van der Waals surface area contributed by atoms with Crippen LogP contribution in [0.5, 0.6) is 5.75 Å². The standard InChI is InChI=1S/C29H33N7O2/c1-30-29(38)26-27(31-19-21-7-13-25(37)14-8-21)33-34-28(26)32-23-9-11-24(12-10-23)36-17-15-35(16-18-36)20-22-5-3-2-4-6-22/h2-14,37H,15-20H2,1H3,(H,30,38)(H3,31,32,33,34). The number of carbonyl (C=O) groups is 1. The highest BCUT2D eigenvalue weighted by atomic mass is 16.3. The molecule has 1 fully saturated rings. The van der Waals surface area contributed by atoms with Crippen LogP contribution in [0.4, 0.5) is 23.0 Å². The predicted octanol–water partition coefficient (Wildman–Crippen LogP) is 4.15.